The van der Waals surface area contributed by atoms with E-state index in [-0.39, 0.29) is 18.6 Å². The summed E-state index contributed by atoms with van der Waals surface area (Å²) in [5, 5.41) is 2.74. The second-order valence-electron chi connectivity index (χ2n) is 7.65. The van der Waals surface area contributed by atoms with E-state index in [1.165, 1.54) is 50.5 Å². The maximum Gasteiger partial charge on any atom is 0.307 e. The molecule has 1 aliphatic rings. The number of piperidine rings is 1. The van der Waals surface area contributed by atoms with Crippen LogP contribution in [0, 0.1) is 5.82 Å². The van der Waals surface area contributed by atoms with Crippen molar-refractivity contribution < 1.29 is 23.5 Å². The number of carbonyl (C=O) groups is 3. The normalized spacial score (nSPS) is 14.6. The molecule has 6 nitrogen and oxygen atoms in total. The number of carbonyl (C=O) groups excluding carboxylic acids is 3. The summed E-state index contributed by atoms with van der Waals surface area (Å²) in [4.78, 5) is 38.7. The number of ketones is 1. The van der Waals surface area contributed by atoms with Crippen LogP contribution in [0.1, 0.15) is 49.4 Å². The molecule has 1 N–H and O–H groups in total. The summed E-state index contributed by atoms with van der Waals surface area (Å²) >= 11 is 0. The number of esters is 1. The van der Waals surface area contributed by atoms with E-state index in [4.69, 9.17) is 4.74 Å². The number of ether oxygens (including phenoxy) is 1. The van der Waals surface area contributed by atoms with Gasteiger partial charge in [-0.25, -0.2) is 4.39 Å². The molecule has 7 heteroatoms. The van der Waals surface area contributed by atoms with Crippen LogP contribution >= 0.6 is 0 Å². The van der Waals surface area contributed by atoms with Gasteiger partial charge < -0.3 is 15.0 Å². The van der Waals surface area contributed by atoms with E-state index in [1.54, 1.807) is 0 Å². The van der Waals surface area contributed by atoms with Gasteiger partial charge in [0.2, 0.25) is 0 Å². The van der Waals surface area contributed by atoms with Gasteiger partial charge in [-0.1, -0.05) is 0 Å². The van der Waals surface area contributed by atoms with Crippen LogP contribution in [-0.2, 0) is 14.3 Å². The summed E-state index contributed by atoms with van der Waals surface area (Å²) in [6.45, 7) is 3.57. The molecule has 0 bridgehead atoms. The molecule has 0 saturated carbocycles. The third kappa shape index (κ3) is 6.64. The molecule has 1 fully saturated rings. The predicted molar refractivity (Wildman–Crippen MR) is 117 cm³/mol. The van der Waals surface area contributed by atoms with E-state index in [1.807, 2.05) is 24.3 Å². The predicted octanol–water partition coefficient (Wildman–Crippen LogP) is 4.35. The van der Waals surface area contributed by atoms with Crippen molar-refractivity contribution in [2.45, 2.75) is 45.1 Å². The minimum atomic E-state index is -0.991. The monoisotopic (exact) mass is 426 g/mol. The molecule has 0 aliphatic carbocycles. The molecule has 1 amide bonds. The first kappa shape index (κ1) is 22.5. The summed E-state index contributed by atoms with van der Waals surface area (Å²) in [7, 11) is 0. The van der Waals surface area contributed by atoms with Crippen molar-refractivity contribution in [3.8, 4) is 0 Å². The first-order valence-electron chi connectivity index (χ1n) is 10.6. The van der Waals surface area contributed by atoms with Crippen LogP contribution in [0.2, 0.25) is 0 Å². The van der Waals surface area contributed by atoms with Crippen molar-refractivity contribution in [2.24, 2.45) is 0 Å². The summed E-state index contributed by atoms with van der Waals surface area (Å²) in [6, 6.07) is 12.7. The van der Waals surface area contributed by atoms with Crippen LogP contribution in [0.25, 0.3) is 0 Å². The van der Waals surface area contributed by atoms with Crippen molar-refractivity contribution >= 4 is 29.0 Å². The minimum Gasteiger partial charge on any atom is -0.453 e. The van der Waals surface area contributed by atoms with Crippen molar-refractivity contribution in [1.29, 1.82) is 0 Å². The van der Waals surface area contributed by atoms with E-state index in [0.717, 1.165) is 18.8 Å². The molecule has 1 saturated heterocycles. The first-order chi connectivity index (χ1) is 14.9. The van der Waals surface area contributed by atoms with Crippen LogP contribution in [0.3, 0.4) is 0 Å². The van der Waals surface area contributed by atoms with Gasteiger partial charge in [-0.2, -0.15) is 0 Å². The summed E-state index contributed by atoms with van der Waals surface area (Å²) in [6.07, 6.45) is 2.43. The molecule has 2 aromatic rings. The zero-order valence-corrected chi connectivity index (χ0v) is 17.6. The van der Waals surface area contributed by atoms with E-state index < -0.39 is 23.8 Å². The highest BCUT2D eigenvalue weighted by atomic mass is 19.1. The highest BCUT2D eigenvalue weighted by Crippen LogP contribution is 2.22. The number of Topliss-reactive ketones (excluding diaryl/α,β-unsaturated/α-hetero) is 1. The quantitative estimate of drug-likeness (QED) is 0.502. The van der Waals surface area contributed by atoms with Crippen LogP contribution in [0.5, 0.6) is 0 Å². The number of amides is 1. The fourth-order valence-corrected chi connectivity index (χ4v) is 3.46. The number of anilines is 2. The van der Waals surface area contributed by atoms with E-state index >= 15 is 0 Å². The Bertz CT molecular complexity index is 906. The van der Waals surface area contributed by atoms with Crippen LogP contribution < -0.4 is 10.2 Å². The maximum atomic E-state index is 12.9. The Morgan fingerprint density at radius 3 is 2.26 bits per heavy atom. The summed E-state index contributed by atoms with van der Waals surface area (Å²) in [5.74, 6) is -1.80. The van der Waals surface area contributed by atoms with Gasteiger partial charge in [0.05, 0.1) is 6.42 Å². The Morgan fingerprint density at radius 2 is 1.61 bits per heavy atom. The standard InChI is InChI=1S/C24H27FN2O4/c1-17(31-23(29)14-13-22(28)18-5-7-19(25)8-6-18)24(30)26-20-9-11-21(12-10-20)27-15-3-2-4-16-27/h5-12,17H,2-4,13-16H2,1H3,(H,26,30)/t17-/m0/s1. The molecule has 31 heavy (non-hydrogen) atoms. The van der Waals surface area contributed by atoms with Gasteiger partial charge in [0.1, 0.15) is 5.82 Å². The van der Waals surface area contributed by atoms with Gasteiger partial charge in [-0.3, -0.25) is 14.4 Å². The first-order valence-corrected chi connectivity index (χ1v) is 10.6. The lowest BCUT2D eigenvalue weighted by Gasteiger charge is -2.28. The molecule has 0 aromatic heterocycles. The third-order valence-electron chi connectivity index (χ3n) is 5.26. The third-order valence-corrected chi connectivity index (χ3v) is 5.26. The smallest absolute Gasteiger partial charge is 0.307 e. The topological polar surface area (TPSA) is 75.7 Å². The second kappa shape index (κ2) is 10.7. The maximum absolute atomic E-state index is 12.9. The molecular formula is C24H27FN2O4. The highest BCUT2D eigenvalue weighted by molar-refractivity contribution is 5.98. The van der Waals surface area contributed by atoms with Gasteiger partial charge in [0.25, 0.3) is 5.91 Å². The molecule has 0 unspecified atom stereocenters. The van der Waals surface area contributed by atoms with Crippen molar-refractivity contribution in [3.05, 3.63) is 59.9 Å². The summed E-state index contributed by atoms with van der Waals surface area (Å²) < 4.78 is 18.1. The Balaban J connectivity index is 1.43. The molecule has 0 radical (unpaired) electrons. The highest BCUT2D eigenvalue weighted by Gasteiger charge is 2.19. The number of benzene rings is 2. The Morgan fingerprint density at radius 1 is 0.968 bits per heavy atom. The zero-order valence-electron chi connectivity index (χ0n) is 17.6. The average molecular weight is 426 g/mol. The molecular weight excluding hydrogens is 399 g/mol. The summed E-state index contributed by atoms with van der Waals surface area (Å²) in [5.41, 5.74) is 2.08. The minimum absolute atomic E-state index is 0.0727. The number of hydrogen-bond donors (Lipinski definition) is 1. The lowest BCUT2D eigenvalue weighted by Crippen LogP contribution is -2.30. The van der Waals surface area contributed by atoms with Gasteiger partial charge in [-0.05, 0) is 74.7 Å². The van der Waals surface area contributed by atoms with Gasteiger partial charge in [-0.15, -0.1) is 0 Å². The molecule has 1 heterocycles. The number of nitrogens with zero attached hydrogens (tertiary/aromatic N) is 1. The molecule has 3 rings (SSSR count). The molecule has 0 spiro atoms. The largest absolute Gasteiger partial charge is 0.453 e. The zero-order chi connectivity index (χ0) is 22.2. The SMILES string of the molecule is C[C@H](OC(=O)CCC(=O)c1ccc(F)cc1)C(=O)Nc1ccc(N2CCCCC2)cc1. The second-order valence-corrected chi connectivity index (χ2v) is 7.65. The lowest BCUT2D eigenvalue weighted by atomic mass is 10.1. The van der Waals surface area contributed by atoms with Crippen LogP contribution in [0.4, 0.5) is 15.8 Å². The van der Waals surface area contributed by atoms with Crippen molar-refractivity contribution in [3.63, 3.8) is 0 Å². The number of rotatable bonds is 8. The number of hydrogen-bond acceptors (Lipinski definition) is 5. The van der Waals surface area contributed by atoms with E-state index in [2.05, 4.69) is 10.2 Å². The Hall–Kier alpha value is -3.22. The fourth-order valence-electron chi connectivity index (χ4n) is 3.46. The van der Waals surface area contributed by atoms with E-state index in [9.17, 15) is 18.8 Å². The molecule has 1 atom stereocenters. The lowest BCUT2D eigenvalue weighted by molar-refractivity contribution is -0.153. The average Bonchev–Trinajstić information content (AvgIpc) is 2.79. The van der Waals surface area contributed by atoms with Crippen molar-refractivity contribution in [2.75, 3.05) is 23.3 Å². The van der Waals surface area contributed by atoms with Crippen molar-refractivity contribution in [1.82, 2.24) is 0 Å². The molecule has 164 valence electrons. The Kier molecular flexibility index (Phi) is 7.76. The number of halogens is 1. The van der Waals surface area contributed by atoms with Gasteiger partial charge >= 0.3 is 5.97 Å². The van der Waals surface area contributed by atoms with Gasteiger partial charge in [0.15, 0.2) is 11.9 Å². The van der Waals surface area contributed by atoms with Gasteiger partial charge in [0, 0.05) is 36.4 Å². The van der Waals surface area contributed by atoms with E-state index in [0.29, 0.717) is 11.3 Å². The van der Waals surface area contributed by atoms with Crippen LogP contribution in [-0.4, -0.2) is 36.9 Å². The molecule has 1 aliphatic heterocycles. The Labute approximate surface area is 181 Å². The molecule has 2 aromatic carbocycles. The fraction of sp³-hybridized carbons (Fsp3) is 0.375. The van der Waals surface area contributed by atoms with Crippen LogP contribution in [0.15, 0.2) is 48.5 Å². The number of nitrogens with one attached hydrogen (secondary N) is 1.